The summed E-state index contributed by atoms with van der Waals surface area (Å²) in [6.45, 7) is 3.79. The van der Waals surface area contributed by atoms with E-state index in [1.54, 1.807) is 0 Å². The second-order valence-electron chi connectivity index (χ2n) is 3.37. The maximum absolute atomic E-state index is 5.61. The molecule has 0 radical (unpaired) electrons. The number of benzene rings is 1. The molecule has 1 rings (SSSR count). The van der Waals surface area contributed by atoms with Gasteiger partial charge in [-0.05, 0) is 23.3 Å². The molecular weight excluding hydrogens is 172 g/mol. The van der Waals surface area contributed by atoms with E-state index in [0.29, 0.717) is 0 Å². The summed E-state index contributed by atoms with van der Waals surface area (Å²) in [7, 11) is 3.97. The SMILES string of the molecule is C=CC(=CN(C)C)c1ccc(N)cc1. The van der Waals surface area contributed by atoms with Crippen molar-refractivity contribution in [2.24, 2.45) is 0 Å². The molecule has 0 aliphatic carbocycles. The zero-order valence-corrected chi connectivity index (χ0v) is 8.70. The lowest BCUT2D eigenvalue weighted by Gasteiger charge is -2.09. The van der Waals surface area contributed by atoms with Crippen LogP contribution in [0.4, 0.5) is 5.69 Å². The van der Waals surface area contributed by atoms with Crippen LogP contribution in [0.2, 0.25) is 0 Å². The van der Waals surface area contributed by atoms with Gasteiger partial charge in [0.2, 0.25) is 0 Å². The van der Waals surface area contributed by atoms with Crippen LogP contribution in [0.5, 0.6) is 0 Å². The number of hydrogen-bond donors (Lipinski definition) is 1. The molecule has 2 nitrogen and oxygen atoms in total. The summed E-state index contributed by atoms with van der Waals surface area (Å²) in [6.07, 6.45) is 3.87. The molecule has 74 valence electrons. The zero-order valence-electron chi connectivity index (χ0n) is 8.70. The van der Waals surface area contributed by atoms with E-state index in [4.69, 9.17) is 5.73 Å². The van der Waals surface area contributed by atoms with Gasteiger partial charge in [-0.15, -0.1) is 0 Å². The van der Waals surface area contributed by atoms with Gasteiger partial charge in [-0.25, -0.2) is 0 Å². The lowest BCUT2D eigenvalue weighted by molar-refractivity contribution is 0.566. The van der Waals surface area contributed by atoms with Crippen LogP contribution < -0.4 is 5.73 Å². The van der Waals surface area contributed by atoms with Crippen LogP contribution in [0.15, 0.2) is 43.1 Å². The molecular formula is C12H16N2. The fourth-order valence-corrected chi connectivity index (χ4v) is 1.20. The van der Waals surface area contributed by atoms with Crippen molar-refractivity contribution in [3.8, 4) is 0 Å². The average Bonchev–Trinajstić information content (AvgIpc) is 2.15. The molecule has 14 heavy (non-hydrogen) atoms. The van der Waals surface area contributed by atoms with Crippen molar-refractivity contribution in [3.05, 3.63) is 48.7 Å². The molecule has 2 heteroatoms. The molecule has 0 aliphatic heterocycles. The molecule has 0 spiro atoms. The van der Waals surface area contributed by atoms with Gasteiger partial charge in [0.1, 0.15) is 0 Å². The summed E-state index contributed by atoms with van der Waals surface area (Å²) < 4.78 is 0. The van der Waals surface area contributed by atoms with Gasteiger partial charge in [0, 0.05) is 26.0 Å². The van der Waals surface area contributed by atoms with Crippen LogP contribution in [0.3, 0.4) is 0 Å². The summed E-state index contributed by atoms with van der Waals surface area (Å²) in [6, 6.07) is 7.77. The van der Waals surface area contributed by atoms with Gasteiger partial charge >= 0.3 is 0 Å². The van der Waals surface area contributed by atoms with Crippen LogP contribution in [-0.2, 0) is 0 Å². The molecule has 0 heterocycles. The molecule has 0 saturated heterocycles. The van der Waals surface area contributed by atoms with Gasteiger partial charge in [0.25, 0.3) is 0 Å². The van der Waals surface area contributed by atoms with Gasteiger partial charge in [-0.3, -0.25) is 0 Å². The first kappa shape index (κ1) is 10.4. The minimum Gasteiger partial charge on any atom is -0.399 e. The van der Waals surface area contributed by atoms with Gasteiger partial charge in [-0.2, -0.15) is 0 Å². The number of rotatable bonds is 3. The normalized spacial score (nSPS) is 11.1. The molecule has 2 N–H and O–H groups in total. The lowest BCUT2D eigenvalue weighted by atomic mass is 10.1. The van der Waals surface area contributed by atoms with E-state index in [0.717, 1.165) is 16.8 Å². The predicted molar refractivity (Wildman–Crippen MR) is 62.7 cm³/mol. The van der Waals surface area contributed by atoms with Crippen molar-refractivity contribution in [2.75, 3.05) is 19.8 Å². The maximum Gasteiger partial charge on any atom is 0.0314 e. The van der Waals surface area contributed by atoms with E-state index in [2.05, 4.69) is 6.58 Å². The number of nitrogens with zero attached hydrogens (tertiary/aromatic N) is 1. The highest BCUT2D eigenvalue weighted by Gasteiger charge is 1.96. The second-order valence-corrected chi connectivity index (χ2v) is 3.37. The molecule has 0 saturated carbocycles. The Balaban J connectivity index is 3.01. The first-order chi connectivity index (χ1) is 6.63. The Hall–Kier alpha value is -1.70. The standard InChI is InChI=1S/C12H16N2/c1-4-10(9-14(2)3)11-5-7-12(13)8-6-11/h4-9H,1,13H2,2-3H3. The smallest absolute Gasteiger partial charge is 0.0314 e. The zero-order chi connectivity index (χ0) is 10.6. The van der Waals surface area contributed by atoms with Crippen LogP contribution in [-0.4, -0.2) is 19.0 Å². The van der Waals surface area contributed by atoms with Gasteiger partial charge in [0.15, 0.2) is 0 Å². The van der Waals surface area contributed by atoms with E-state index in [1.165, 1.54) is 0 Å². The van der Waals surface area contributed by atoms with Crippen molar-refractivity contribution >= 4 is 11.3 Å². The molecule has 0 fully saturated rings. The Morgan fingerprint density at radius 2 is 1.86 bits per heavy atom. The fraction of sp³-hybridized carbons (Fsp3) is 0.167. The Labute approximate surface area is 85.3 Å². The van der Waals surface area contributed by atoms with E-state index >= 15 is 0 Å². The van der Waals surface area contributed by atoms with Gasteiger partial charge in [0.05, 0.1) is 0 Å². The minimum atomic E-state index is 0.780. The molecule has 1 aromatic carbocycles. The van der Waals surface area contributed by atoms with Crippen molar-refractivity contribution in [1.82, 2.24) is 4.90 Å². The van der Waals surface area contributed by atoms with Gasteiger partial charge in [-0.1, -0.05) is 24.8 Å². The Bertz CT molecular complexity index is 334. The topological polar surface area (TPSA) is 29.3 Å². The quantitative estimate of drug-likeness (QED) is 0.583. The summed E-state index contributed by atoms with van der Waals surface area (Å²) in [5.41, 5.74) is 8.61. The number of anilines is 1. The molecule has 0 bridgehead atoms. The highest BCUT2D eigenvalue weighted by atomic mass is 15.0. The molecule has 0 atom stereocenters. The van der Waals surface area contributed by atoms with Crippen LogP contribution >= 0.6 is 0 Å². The fourth-order valence-electron chi connectivity index (χ4n) is 1.20. The Morgan fingerprint density at radius 1 is 1.29 bits per heavy atom. The largest absolute Gasteiger partial charge is 0.399 e. The van der Waals surface area contributed by atoms with Crippen molar-refractivity contribution < 1.29 is 0 Å². The van der Waals surface area contributed by atoms with Crippen LogP contribution in [0.25, 0.3) is 5.57 Å². The number of nitrogen functional groups attached to an aromatic ring is 1. The average molecular weight is 188 g/mol. The predicted octanol–water partition coefficient (Wildman–Crippen LogP) is 2.36. The summed E-state index contributed by atoms with van der Waals surface area (Å²) in [5.74, 6) is 0. The molecule has 0 aliphatic rings. The summed E-state index contributed by atoms with van der Waals surface area (Å²) in [4.78, 5) is 1.99. The molecule has 1 aromatic rings. The van der Waals surface area contributed by atoms with Crippen molar-refractivity contribution in [2.45, 2.75) is 0 Å². The minimum absolute atomic E-state index is 0.780. The third-order valence-corrected chi connectivity index (χ3v) is 1.86. The van der Waals surface area contributed by atoms with E-state index < -0.39 is 0 Å². The first-order valence-electron chi connectivity index (χ1n) is 4.50. The van der Waals surface area contributed by atoms with E-state index in [-0.39, 0.29) is 0 Å². The number of hydrogen-bond acceptors (Lipinski definition) is 2. The number of allylic oxidation sites excluding steroid dienone is 2. The van der Waals surface area contributed by atoms with Gasteiger partial charge < -0.3 is 10.6 Å². The van der Waals surface area contributed by atoms with Crippen molar-refractivity contribution in [1.29, 1.82) is 0 Å². The Morgan fingerprint density at radius 3 is 2.29 bits per heavy atom. The van der Waals surface area contributed by atoms with E-state index in [9.17, 15) is 0 Å². The Kier molecular flexibility index (Phi) is 3.35. The van der Waals surface area contributed by atoms with Crippen molar-refractivity contribution in [3.63, 3.8) is 0 Å². The highest BCUT2D eigenvalue weighted by Crippen LogP contribution is 2.17. The first-order valence-corrected chi connectivity index (χ1v) is 4.50. The summed E-state index contributed by atoms with van der Waals surface area (Å²) >= 11 is 0. The molecule has 0 amide bonds. The molecule has 0 unspecified atom stereocenters. The maximum atomic E-state index is 5.61. The van der Waals surface area contributed by atoms with Crippen LogP contribution in [0.1, 0.15) is 5.56 Å². The monoisotopic (exact) mass is 188 g/mol. The molecule has 0 aromatic heterocycles. The number of nitrogens with two attached hydrogens (primary N) is 1. The third kappa shape index (κ3) is 2.66. The van der Waals surface area contributed by atoms with E-state index in [1.807, 2.05) is 55.5 Å². The van der Waals surface area contributed by atoms with Crippen LogP contribution in [0, 0.1) is 0 Å². The second kappa shape index (κ2) is 4.51. The lowest BCUT2D eigenvalue weighted by Crippen LogP contribution is -2.02. The third-order valence-electron chi connectivity index (χ3n) is 1.86. The summed E-state index contributed by atoms with van der Waals surface area (Å²) in [5, 5.41) is 0. The highest BCUT2D eigenvalue weighted by molar-refractivity contribution is 5.73.